The van der Waals surface area contributed by atoms with Gasteiger partial charge in [-0.1, -0.05) is 30.3 Å². The third-order valence-corrected chi connectivity index (χ3v) is 4.57. The van der Waals surface area contributed by atoms with Gasteiger partial charge in [0.2, 0.25) is 5.91 Å². The molecule has 0 aromatic heterocycles. The topological polar surface area (TPSA) is 73.5 Å². The van der Waals surface area contributed by atoms with E-state index >= 15 is 0 Å². The molecule has 0 radical (unpaired) electrons. The van der Waals surface area contributed by atoms with Gasteiger partial charge in [0.25, 0.3) is 0 Å². The zero-order valence-electron chi connectivity index (χ0n) is 15.3. The minimum absolute atomic E-state index is 0.0124. The van der Waals surface area contributed by atoms with E-state index in [1.54, 1.807) is 0 Å². The summed E-state index contributed by atoms with van der Waals surface area (Å²) in [6.45, 7) is 7.68. The van der Waals surface area contributed by atoms with Gasteiger partial charge in [0, 0.05) is 25.7 Å². The molecular formula is C19H30N4O2. The monoisotopic (exact) mass is 346 g/mol. The van der Waals surface area contributed by atoms with Gasteiger partial charge in [-0.3, -0.25) is 4.79 Å². The highest BCUT2D eigenvalue weighted by Gasteiger charge is 2.21. The molecule has 3 amide bonds. The molecule has 138 valence electrons. The molecule has 2 rings (SSSR count). The van der Waals surface area contributed by atoms with Crippen molar-refractivity contribution in [3.63, 3.8) is 0 Å². The summed E-state index contributed by atoms with van der Waals surface area (Å²) in [7, 11) is 0. The second kappa shape index (κ2) is 10.0. The van der Waals surface area contributed by atoms with Crippen LogP contribution in [0.3, 0.4) is 0 Å². The van der Waals surface area contributed by atoms with Crippen molar-refractivity contribution < 1.29 is 9.59 Å². The Kier molecular flexibility index (Phi) is 7.73. The molecular weight excluding hydrogens is 316 g/mol. The largest absolute Gasteiger partial charge is 0.350 e. The van der Waals surface area contributed by atoms with E-state index in [4.69, 9.17) is 0 Å². The van der Waals surface area contributed by atoms with Crippen LogP contribution in [-0.2, 0) is 11.3 Å². The number of amides is 3. The van der Waals surface area contributed by atoms with Gasteiger partial charge in [-0.25, -0.2) is 4.79 Å². The van der Waals surface area contributed by atoms with Crippen molar-refractivity contribution in [1.82, 2.24) is 20.9 Å². The summed E-state index contributed by atoms with van der Waals surface area (Å²) in [6, 6.07) is 9.96. The van der Waals surface area contributed by atoms with Crippen LogP contribution in [0.1, 0.15) is 32.3 Å². The first-order valence-corrected chi connectivity index (χ1v) is 9.11. The van der Waals surface area contributed by atoms with Crippen LogP contribution in [0, 0.1) is 5.92 Å². The SMILES string of the molecule is CC(C)N1CCC[C@H](CNC(=O)NCC(=O)NCc2ccccc2)C1. The number of nitrogens with one attached hydrogen (secondary N) is 3. The molecule has 1 aliphatic rings. The van der Waals surface area contributed by atoms with E-state index in [2.05, 4.69) is 34.7 Å². The van der Waals surface area contributed by atoms with Gasteiger partial charge < -0.3 is 20.9 Å². The fourth-order valence-corrected chi connectivity index (χ4v) is 3.05. The van der Waals surface area contributed by atoms with E-state index in [-0.39, 0.29) is 18.5 Å². The maximum absolute atomic E-state index is 11.9. The Bertz CT molecular complexity index is 548. The number of carbonyl (C=O) groups is 2. The Morgan fingerprint density at radius 1 is 1.16 bits per heavy atom. The predicted octanol–water partition coefficient (Wildman–Crippen LogP) is 1.72. The fourth-order valence-electron chi connectivity index (χ4n) is 3.05. The molecule has 6 nitrogen and oxygen atoms in total. The fraction of sp³-hybridized carbons (Fsp3) is 0.579. The third kappa shape index (κ3) is 7.13. The highest BCUT2D eigenvalue weighted by Crippen LogP contribution is 2.17. The lowest BCUT2D eigenvalue weighted by Gasteiger charge is -2.35. The summed E-state index contributed by atoms with van der Waals surface area (Å²) in [6.07, 6.45) is 2.31. The van der Waals surface area contributed by atoms with Crippen molar-refractivity contribution in [3.8, 4) is 0 Å². The lowest BCUT2D eigenvalue weighted by atomic mass is 9.97. The molecule has 6 heteroatoms. The molecule has 0 aliphatic carbocycles. The minimum atomic E-state index is -0.281. The maximum atomic E-state index is 11.9. The molecule has 1 fully saturated rings. The second-order valence-corrected chi connectivity index (χ2v) is 6.92. The van der Waals surface area contributed by atoms with Crippen molar-refractivity contribution in [2.24, 2.45) is 5.92 Å². The number of nitrogens with zero attached hydrogens (tertiary/aromatic N) is 1. The summed E-state index contributed by atoms with van der Waals surface area (Å²) < 4.78 is 0. The summed E-state index contributed by atoms with van der Waals surface area (Å²) in [5.74, 6) is 0.288. The Hall–Kier alpha value is -2.08. The Morgan fingerprint density at radius 3 is 2.64 bits per heavy atom. The molecule has 1 aromatic rings. The molecule has 1 heterocycles. The smallest absolute Gasteiger partial charge is 0.315 e. The lowest BCUT2D eigenvalue weighted by Crippen LogP contribution is -2.47. The first-order chi connectivity index (χ1) is 12.0. The van der Waals surface area contributed by atoms with Crippen molar-refractivity contribution in [2.45, 2.75) is 39.3 Å². The molecule has 1 saturated heterocycles. The van der Waals surface area contributed by atoms with Gasteiger partial charge >= 0.3 is 6.03 Å². The van der Waals surface area contributed by atoms with Crippen molar-refractivity contribution >= 4 is 11.9 Å². The van der Waals surface area contributed by atoms with Crippen molar-refractivity contribution in [2.75, 3.05) is 26.2 Å². The van der Waals surface area contributed by atoms with Crippen molar-refractivity contribution in [3.05, 3.63) is 35.9 Å². The van der Waals surface area contributed by atoms with E-state index in [1.165, 1.54) is 6.42 Å². The summed E-state index contributed by atoms with van der Waals surface area (Å²) in [5.41, 5.74) is 1.03. The van der Waals surface area contributed by atoms with E-state index in [0.717, 1.165) is 25.1 Å². The van der Waals surface area contributed by atoms with Crippen molar-refractivity contribution in [1.29, 1.82) is 0 Å². The van der Waals surface area contributed by atoms with Gasteiger partial charge in [-0.15, -0.1) is 0 Å². The molecule has 0 bridgehead atoms. The average molecular weight is 346 g/mol. The van der Waals surface area contributed by atoms with Crippen LogP contribution >= 0.6 is 0 Å². The molecule has 0 saturated carbocycles. The molecule has 3 N–H and O–H groups in total. The zero-order valence-corrected chi connectivity index (χ0v) is 15.3. The summed E-state index contributed by atoms with van der Waals surface area (Å²) in [4.78, 5) is 26.1. The summed E-state index contributed by atoms with van der Waals surface area (Å²) in [5, 5.41) is 8.29. The van der Waals surface area contributed by atoms with E-state index in [9.17, 15) is 9.59 Å². The van der Waals surface area contributed by atoms with Crippen LogP contribution in [0.15, 0.2) is 30.3 Å². The molecule has 25 heavy (non-hydrogen) atoms. The predicted molar refractivity (Wildman–Crippen MR) is 99.1 cm³/mol. The average Bonchev–Trinajstić information content (AvgIpc) is 2.64. The van der Waals surface area contributed by atoms with E-state index in [1.807, 2.05) is 30.3 Å². The Balaban J connectivity index is 1.59. The Labute approximate surface area is 150 Å². The molecule has 1 aromatic carbocycles. The number of hydrogen-bond donors (Lipinski definition) is 3. The van der Waals surface area contributed by atoms with Crippen LogP contribution in [0.2, 0.25) is 0 Å². The Morgan fingerprint density at radius 2 is 1.92 bits per heavy atom. The molecule has 0 unspecified atom stereocenters. The number of urea groups is 1. The number of likely N-dealkylation sites (tertiary alicyclic amines) is 1. The zero-order chi connectivity index (χ0) is 18.1. The van der Waals surface area contributed by atoms with Gasteiger partial charge in [-0.05, 0) is 44.7 Å². The van der Waals surface area contributed by atoms with Crippen LogP contribution in [0.25, 0.3) is 0 Å². The van der Waals surface area contributed by atoms with E-state index < -0.39 is 0 Å². The van der Waals surface area contributed by atoms with Gasteiger partial charge in [0.15, 0.2) is 0 Å². The van der Waals surface area contributed by atoms with Crippen LogP contribution in [-0.4, -0.2) is 49.1 Å². The standard InChI is InChI=1S/C19H30N4O2/c1-15(2)23-10-6-9-17(14-23)12-21-19(25)22-13-18(24)20-11-16-7-4-3-5-8-16/h3-5,7-8,15,17H,6,9-14H2,1-2H3,(H,20,24)(H2,21,22,25)/t17-/m1/s1. The number of hydrogen-bond acceptors (Lipinski definition) is 3. The summed E-state index contributed by atoms with van der Waals surface area (Å²) >= 11 is 0. The number of piperidine rings is 1. The number of carbonyl (C=O) groups excluding carboxylic acids is 2. The minimum Gasteiger partial charge on any atom is -0.350 e. The molecule has 1 aliphatic heterocycles. The second-order valence-electron chi connectivity index (χ2n) is 6.92. The quantitative estimate of drug-likeness (QED) is 0.704. The maximum Gasteiger partial charge on any atom is 0.315 e. The first-order valence-electron chi connectivity index (χ1n) is 9.11. The van der Waals surface area contributed by atoms with E-state index in [0.29, 0.717) is 25.0 Å². The van der Waals surface area contributed by atoms with Gasteiger partial charge in [-0.2, -0.15) is 0 Å². The van der Waals surface area contributed by atoms with Gasteiger partial charge in [0.05, 0.1) is 6.54 Å². The highest BCUT2D eigenvalue weighted by atomic mass is 16.2. The van der Waals surface area contributed by atoms with Crippen LogP contribution in [0.4, 0.5) is 4.79 Å². The number of benzene rings is 1. The normalized spacial score (nSPS) is 18.0. The lowest BCUT2D eigenvalue weighted by molar-refractivity contribution is -0.120. The molecule has 1 atom stereocenters. The highest BCUT2D eigenvalue weighted by molar-refractivity contribution is 5.83. The number of rotatable bonds is 7. The first kappa shape index (κ1) is 19.2. The van der Waals surface area contributed by atoms with Gasteiger partial charge in [0.1, 0.15) is 0 Å². The van der Waals surface area contributed by atoms with Crippen LogP contribution in [0.5, 0.6) is 0 Å². The third-order valence-electron chi connectivity index (χ3n) is 4.57. The molecule has 0 spiro atoms. The van der Waals surface area contributed by atoms with Crippen LogP contribution < -0.4 is 16.0 Å².